The van der Waals surface area contributed by atoms with Crippen molar-refractivity contribution >= 4 is 0 Å². The number of unbranched alkanes of at least 4 members (excludes halogenated alkanes) is 1. The van der Waals surface area contributed by atoms with Gasteiger partial charge in [-0.25, -0.2) is 0 Å². The molecule has 0 unspecified atom stereocenters. The Morgan fingerprint density at radius 2 is 1.12 bits per heavy atom. The quantitative estimate of drug-likeness (QED) is 0.201. The minimum atomic E-state index is -1.11. The second kappa shape index (κ2) is 10.8. The van der Waals surface area contributed by atoms with Crippen LogP contribution in [0.4, 0.5) is 0 Å². The van der Waals surface area contributed by atoms with Crippen molar-refractivity contribution in [2.75, 3.05) is 39.6 Å². The van der Waals surface area contributed by atoms with E-state index < -0.39 is 48.8 Å². The molecule has 8 atom stereocenters. The second-order valence-electron chi connectivity index (χ2n) is 6.70. The molecule has 26 heavy (non-hydrogen) atoms. The van der Waals surface area contributed by atoms with Gasteiger partial charge in [-0.3, -0.25) is 0 Å². The van der Waals surface area contributed by atoms with E-state index >= 15 is 0 Å². The van der Waals surface area contributed by atoms with E-state index in [9.17, 15) is 30.6 Å². The van der Waals surface area contributed by atoms with Crippen molar-refractivity contribution in [3.63, 3.8) is 0 Å². The number of aliphatic hydroxyl groups excluding tert-OH is 6. The van der Waals surface area contributed by atoms with Crippen LogP contribution in [-0.4, -0.2) is 119 Å². The number of rotatable bonds is 11. The van der Waals surface area contributed by atoms with Crippen LogP contribution in [0.1, 0.15) is 12.8 Å². The number of aliphatic hydroxyl groups is 6. The molecule has 0 saturated carbocycles. The van der Waals surface area contributed by atoms with Crippen LogP contribution in [0, 0.1) is 0 Å². The summed E-state index contributed by atoms with van der Waals surface area (Å²) < 4.78 is 20.9. The minimum Gasteiger partial charge on any atom is -0.388 e. The van der Waals surface area contributed by atoms with Crippen molar-refractivity contribution in [2.45, 2.75) is 61.7 Å². The number of hydrogen-bond acceptors (Lipinski definition) is 10. The second-order valence-corrected chi connectivity index (χ2v) is 6.70. The third-order valence-electron chi connectivity index (χ3n) is 4.54. The number of ether oxygens (including phenoxy) is 4. The van der Waals surface area contributed by atoms with Gasteiger partial charge in [0.1, 0.15) is 48.8 Å². The highest BCUT2D eigenvalue weighted by atomic mass is 16.6. The highest BCUT2D eigenvalue weighted by Gasteiger charge is 2.40. The van der Waals surface area contributed by atoms with Crippen molar-refractivity contribution < 1.29 is 49.6 Å². The van der Waals surface area contributed by atoms with Crippen LogP contribution in [0.15, 0.2) is 0 Å². The Kier molecular flexibility index (Phi) is 9.10. The summed E-state index contributed by atoms with van der Waals surface area (Å²) in [5.41, 5.74) is 0. The molecule has 2 rings (SSSR count). The monoisotopic (exact) mass is 382 g/mol. The zero-order chi connectivity index (χ0) is 19.1. The van der Waals surface area contributed by atoms with Crippen molar-refractivity contribution in [3.8, 4) is 0 Å². The fourth-order valence-electron chi connectivity index (χ4n) is 2.94. The minimum absolute atomic E-state index is 0.00598. The summed E-state index contributed by atoms with van der Waals surface area (Å²) in [5, 5.41) is 57.7. The molecule has 2 aliphatic heterocycles. The third-order valence-corrected chi connectivity index (χ3v) is 4.54. The maximum atomic E-state index is 9.86. The van der Waals surface area contributed by atoms with Gasteiger partial charge in [0, 0.05) is 13.2 Å². The molecule has 0 amide bonds. The molecule has 0 bridgehead atoms. The van der Waals surface area contributed by atoms with Gasteiger partial charge in [0.25, 0.3) is 0 Å². The fourth-order valence-corrected chi connectivity index (χ4v) is 2.94. The average Bonchev–Trinajstić information content (AvgIpc) is 3.12. The molecule has 2 aliphatic rings. The first kappa shape index (κ1) is 21.9. The topological polar surface area (TPSA) is 158 Å². The summed E-state index contributed by atoms with van der Waals surface area (Å²) in [4.78, 5) is 0. The Balaban J connectivity index is 1.45. The van der Waals surface area contributed by atoms with Crippen LogP contribution < -0.4 is 0 Å². The lowest BCUT2D eigenvalue weighted by Gasteiger charge is -2.21. The van der Waals surface area contributed by atoms with E-state index in [0.717, 1.165) is 0 Å². The number of hydrogen-bond donors (Lipinski definition) is 6. The van der Waals surface area contributed by atoms with Gasteiger partial charge in [-0.2, -0.15) is 0 Å². The van der Waals surface area contributed by atoms with E-state index in [4.69, 9.17) is 18.9 Å². The van der Waals surface area contributed by atoms with Gasteiger partial charge in [0.2, 0.25) is 0 Å². The summed E-state index contributed by atoms with van der Waals surface area (Å²) in [6.07, 6.45) is -6.58. The smallest absolute Gasteiger partial charge is 0.114 e. The molecule has 2 fully saturated rings. The Labute approximate surface area is 151 Å². The van der Waals surface area contributed by atoms with Crippen molar-refractivity contribution in [2.24, 2.45) is 0 Å². The maximum absolute atomic E-state index is 9.86. The van der Waals surface area contributed by atoms with Gasteiger partial charge in [0.05, 0.1) is 26.4 Å². The van der Waals surface area contributed by atoms with E-state index in [1.165, 1.54) is 0 Å². The lowest BCUT2D eigenvalue weighted by molar-refractivity contribution is -0.0847. The molecule has 10 nitrogen and oxygen atoms in total. The maximum Gasteiger partial charge on any atom is 0.114 e. The van der Waals surface area contributed by atoms with Crippen LogP contribution in [0.2, 0.25) is 0 Å². The standard InChI is InChI=1S/C16H30O10/c17-9-7-25-15(13(9)21)11(19)5-23-3-1-2-4-24-6-12(20)16-14(22)10(18)8-26-16/h9-22H,1-8H2/t9-,10-,11+,12+,13+,14+,15+,16+/m0/s1. The molecule has 6 N–H and O–H groups in total. The lowest BCUT2D eigenvalue weighted by Crippen LogP contribution is -2.41. The van der Waals surface area contributed by atoms with Crippen molar-refractivity contribution in [3.05, 3.63) is 0 Å². The molecule has 2 heterocycles. The van der Waals surface area contributed by atoms with E-state index in [0.29, 0.717) is 26.1 Å². The van der Waals surface area contributed by atoms with Crippen molar-refractivity contribution in [1.29, 1.82) is 0 Å². The molecule has 0 radical (unpaired) electrons. The summed E-state index contributed by atoms with van der Waals surface area (Å²) in [5.74, 6) is 0. The zero-order valence-corrected chi connectivity index (χ0v) is 14.6. The van der Waals surface area contributed by atoms with E-state index in [-0.39, 0.29) is 26.4 Å². The van der Waals surface area contributed by atoms with Crippen LogP contribution >= 0.6 is 0 Å². The first-order chi connectivity index (χ1) is 12.4. The fraction of sp³-hybridized carbons (Fsp3) is 1.00. The van der Waals surface area contributed by atoms with Crippen LogP contribution in [-0.2, 0) is 18.9 Å². The van der Waals surface area contributed by atoms with Crippen molar-refractivity contribution in [1.82, 2.24) is 0 Å². The molecule has 10 heteroatoms. The first-order valence-corrected chi connectivity index (χ1v) is 8.89. The summed E-state index contributed by atoms with van der Waals surface area (Å²) >= 11 is 0. The van der Waals surface area contributed by atoms with E-state index in [2.05, 4.69) is 0 Å². The summed E-state index contributed by atoms with van der Waals surface area (Å²) in [7, 11) is 0. The van der Waals surface area contributed by atoms with Gasteiger partial charge < -0.3 is 49.6 Å². The zero-order valence-electron chi connectivity index (χ0n) is 14.6. The third kappa shape index (κ3) is 6.06. The van der Waals surface area contributed by atoms with Gasteiger partial charge in [-0.1, -0.05) is 0 Å². The predicted octanol–water partition coefficient (Wildman–Crippen LogP) is -3.24. The van der Waals surface area contributed by atoms with Gasteiger partial charge in [-0.05, 0) is 12.8 Å². The summed E-state index contributed by atoms with van der Waals surface area (Å²) in [6.45, 7) is 0.735. The molecule has 2 saturated heterocycles. The van der Waals surface area contributed by atoms with Gasteiger partial charge in [0.15, 0.2) is 0 Å². The highest BCUT2D eigenvalue weighted by molar-refractivity contribution is 4.88. The highest BCUT2D eigenvalue weighted by Crippen LogP contribution is 2.18. The Bertz CT molecular complexity index is 361. The Hall–Kier alpha value is -0.400. The summed E-state index contributed by atoms with van der Waals surface area (Å²) in [6, 6.07) is 0. The van der Waals surface area contributed by atoms with Crippen LogP contribution in [0.3, 0.4) is 0 Å². The SMILES string of the molecule is O[C@H]1[C@@H]([C@H](O)COCCCCOC[C@@H](O)[C@H]2OC[C@H](O)[C@H]2O)OC[C@@H]1O. The molecule has 0 aromatic carbocycles. The molecule has 154 valence electrons. The lowest BCUT2D eigenvalue weighted by atomic mass is 10.1. The predicted molar refractivity (Wildman–Crippen MR) is 86.4 cm³/mol. The van der Waals surface area contributed by atoms with E-state index in [1.807, 2.05) is 0 Å². The van der Waals surface area contributed by atoms with Crippen LogP contribution in [0.5, 0.6) is 0 Å². The first-order valence-electron chi connectivity index (χ1n) is 8.89. The Morgan fingerprint density at radius 1 is 0.731 bits per heavy atom. The average molecular weight is 382 g/mol. The van der Waals surface area contributed by atoms with E-state index in [1.54, 1.807) is 0 Å². The normalized spacial score (nSPS) is 37.2. The largest absolute Gasteiger partial charge is 0.388 e. The Morgan fingerprint density at radius 3 is 1.42 bits per heavy atom. The molecular weight excluding hydrogens is 352 g/mol. The van der Waals surface area contributed by atoms with Crippen LogP contribution in [0.25, 0.3) is 0 Å². The molecule has 0 aliphatic carbocycles. The molecule has 0 aromatic heterocycles. The van der Waals surface area contributed by atoms with Gasteiger partial charge >= 0.3 is 0 Å². The van der Waals surface area contributed by atoms with Gasteiger partial charge in [-0.15, -0.1) is 0 Å². The molecular formula is C16H30O10. The molecule has 0 spiro atoms. The molecule has 0 aromatic rings.